The molecule has 4 atom stereocenters. The second-order valence-electron chi connectivity index (χ2n) is 13.0. The molecule has 4 aromatic rings. The van der Waals surface area contributed by atoms with E-state index in [4.69, 9.17) is 4.74 Å². The molecular weight excluding hydrogens is 598 g/mol. The van der Waals surface area contributed by atoms with Crippen molar-refractivity contribution in [2.45, 2.75) is 49.7 Å². The van der Waals surface area contributed by atoms with E-state index in [1.54, 1.807) is 4.90 Å². The molecule has 8 rings (SSSR count). The Labute approximate surface area is 254 Å². The van der Waals surface area contributed by atoms with E-state index in [9.17, 15) is 22.7 Å². The summed E-state index contributed by atoms with van der Waals surface area (Å²) in [6.07, 6.45) is 1.66. The maximum Gasteiger partial charge on any atom is 0.319 e. The van der Waals surface area contributed by atoms with Gasteiger partial charge in [-0.25, -0.2) is 26.3 Å². The van der Waals surface area contributed by atoms with Crippen molar-refractivity contribution in [1.29, 1.82) is 0 Å². The van der Waals surface area contributed by atoms with Gasteiger partial charge in [-0.2, -0.15) is 9.97 Å². The number of hydrogen-bond donors (Lipinski definition) is 1. The van der Waals surface area contributed by atoms with Crippen molar-refractivity contribution in [1.82, 2.24) is 14.9 Å². The van der Waals surface area contributed by atoms with E-state index in [0.717, 1.165) is 31.5 Å². The normalized spacial score (nSPS) is 27.5. The fourth-order valence-corrected chi connectivity index (χ4v) is 8.21. The van der Waals surface area contributed by atoms with Gasteiger partial charge in [0.2, 0.25) is 0 Å². The fourth-order valence-electron chi connectivity index (χ4n) is 8.21. The molecule has 3 saturated heterocycles. The van der Waals surface area contributed by atoms with Crippen LogP contribution in [0.3, 0.4) is 0 Å². The van der Waals surface area contributed by atoms with Gasteiger partial charge in [0.05, 0.1) is 5.54 Å². The van der Waals surface area contributed by atoms with Crippen molar-refractivity contribution in [2.75, 3.05) is 37.7 Å². The molecular formula is C33H30F6N4O2. The third-order valence-electron chi connectivity index (χ3n) is 10.4. The van der Waals surface area contributed by atoms with Crippen molar-refractivity contribution in [3.63, 3.8) is 0 Å². The number of aromatic hydroxyl groups is 1. The van der Waals surface area contributed by atoms with Crippen molar-refractivity contribution in [3.8, 4) is 22.9 Å². The summed E-state index contributed by atoms with van der Waals surface area (Å²) < 4.78 is 96.2. The molecule has 4 heterocycles. The van der Waals surface area contributed by atoms with E-state index in [-0.39, 0.29) is 70.1 Å². The standard InChI is InChI=1S/C33H30F6N4O2/c34-20-12-32(8-1-9-43(32)15-20)16-45-31-40-29-23(30(41-31)42-13-18-3-4-19(14-42)33(18,38)39)6-5-22(27(29)36)24-11-21(44)10-17-2-7-25(35)28(37)26(17)24/h2,5-7,10-11,18-20,44H,1,3-4,8-9,12-16H2/t18?,19?,20-,32+/m1/s1. The molecule has 3 aliphatic heterocycles. The van der Waals surface area contributed by atoms with Crippen LogP contribution >= 0.6 is 0 Å². The third-order valence-corrected chi connectivity index (χ3v) is 10.4. The van der Waals surface area contributed by atoms with Crippen molar-refractivity contribution < 1.29 is 36.2 Å². The summed E-state index contributed by atoms with van der Waals surface area (Å²) in [5.74, 6) is -7.81. The lowest BCUT2D eigenvalue weighted by atomic mass is 9.93. The molecule has 2 bridgehead atoms. The van der Waals surface area contributed by atoms with Crippen LogP contribution in [0.5, 0.6) is 11.8 Å². The number of hydrogen-bond acceptors (Lipinski definition) is 6. The first-order valence-corrected chi connectivity index (χ1v) is 15.3. The average molecular weight is 629 g/mol. The molecule has 4 aliphatic rings. The van der Waals surface area contributed by atoms with Gasteiger partial charge >= 0.3 is 6.01 Å². The number of anilines is 1. The van der Waals surface area contributed by atoms with Gasteiger partial charge in [-0.15, -0.1) is 0 Å². The number of phenolic OH excluding ortho intramolecular Hbond substituents is 1. The van der Waals surface area contributed by atoms with Gasteiger partial charge in [0.15, 0.2) is 17.5 Å². The summed E-state index contributed by atoms with van der Waals surface area (Å²) in [5, 5.41) is 10.6. The molecule has 0 spiro atoms. The lowest BCUT2D eigenvalue weighted by molar-refractivity contribution is -0.0830. The Hall–Kier alpha value is -3.80. The van der Waals surface area contributed by atoms with Crippen molar-refractivity contribution >= 4 is 27.5 Å². The zero-order chi connectivity index (χ0) is 31.2. The maximum atomic E-state index is 16.6. The quantitative estimate of drug-likeness (QED) is 0.240. The van der Waals surface area contributed by atoms with E-state index in [1.165, 1.54) is 24.3 Å². The Morgan fingerprint density at radius 3 is 2.49 bits per heavy atom. The van der Waals surface area contributed by atoms with Crippen LogP contribution in [0.15, 0.2) is 36.4 Å². The summed E-state index contributed by atoms with van der Waals surface area (Å²) >= 11 is 0. The lowest BCUT2D eigenvalue weighted by Crippen LogP contribution is -2.49. The van der Waals surface area contributed by atoms with Crippen LogP contribution in [0.4, 0.5) is 32.2 Å². The highest BCUT2D eigenvalue weighted by molar-refractivity contribution is 6.01. The first-order valence-electron chi connectivity index (χ1n) is 15.3. The minimum Gasteiger partial charge on any atom is -0.508 e. The van der Waals surface area contributed by atoms with Crippen LogP contribution in [-0.4, -0.2) is 70.4 Å². The molecule has 1 saturated carbocycles. The van der Waals surface area contributed by atoms with E-state index in [1.807, 2.05) is 0 Å². The van der Waals surface area contributed by atoms with Crippen LogP contribution < -0.4 is 9.64 Å². The molecule has 1 aliphatic carbocycles. The number of phenols is 1. The largest absolute Gasteiger partial charge is 0.508 e. The number of benzene rings is 3. The summed E-state index contributed by atoms with van der Waals surface area (Å²) in [6.45, 7) is 1.16. The smallest absolute Gasteiger partial charge is 0.319 e. The first kappa shape index (κ1) is 28.7. The predicted octanol–water partition coefficient (Wildman–Crippen LogP) is 7.01. The zero-order valence-electron chi connectivity index (χ0n) is 24.2. The van der Waals surface area contributed by atoms with Gasteiger partial charge in [0.25, 0.3) is 5.92 Å². The van der Waals surface area contributed by atoms with Gasteiger partial charge in [-0.05, 0) is 67.4 Å². The number of nitrogens with zero attached hydrogens (tertiary/aromatic N) is 4. The number of piperidine rings is 1. The Morgan fingerprint density at radius 2 is 1.71 bits per heavy atom. The number of ether oxygens (including phenoxy) is 1. The van der Waals surface area contributed by atoms with Crippen LogP contribution in [0.25, 0.3) is 32.8 Å². The van der Waals surface area contributed by atoms with Gasteiger partial charge in [0.1, 0.15) is 29.9 Å². The summed E-state index contributed by atoms with van der Waals surface area (Å²) in [6, 6.07) is 7.34. The average Bonchev–Trinajstić information content (AvgIpc) is 3.53. The first-order chi connectivity index (χ1) is 21.5. The monoisotopic (exact) mass is 628 g/mol. The maximum absolute atomic E-state index is 16.6. The Morgan fingerprint density at radius 1 is 0.933 bits per heavy atom. The Balaban J connectivity index is 1.27. The van der Waals surface area contributed by atoms with Crippen LogP contribution in [0, 0.1) is 29.3 Å². The zero-order valence-corrected chi connectivity index (χ0v) is 24.2. The predicted molar refractivity (Wildman–Crippen MR) is 156 cm³/mol. The van der Waals surface area contributed by atoms with Gasteiger partial charge in [-0.3, -0.25) is 4.90 Å². The van der Waals surface area contributed by atoms with E-state index < -0.39 is 46.9 Å². The fraction of sp³-hybridized carbons (Fsp3) is 0.455. The molecule has 3 aromatic carbocycles. The highest BCUT2D eigenvalue weighted by Gasteiger charge is 2.56. The molecule has 0 amide bonds. The van der Waals surface area contributed by atoms with Crippen LogP contribution in [-0.2, 0) is 0 Å². The number of aromatic nitrogens is 2. The molecule has 1 aromatic heterocycles. The molecule has 236 valence electrons. The van der Waals surface area contributed by atoms with E-state index in [0.29, 0.717) is 25.8 Å². The molecule has 12 heteroatoms. The van der Waals surface area contributed by atoms with Crippen molar-refractivity contribution in [3.05, 3.63) is 53.8 Å². The SMILES string of the molecule is Oc1cc(-c2ccc3c(N4CC5CCC(C4)C5(F)F)nc(OC[C@@]45CCCN4C[C@H](F)C5)nc3c2F)c2c(F)c(F)ccc2c1. The number of alkyl halides is 3. The van der Waals surface area contributed by atoms with E-state index >= 15 is 8.78 Å². The molecule has 6 nitrogen and oxygen atoms in total. The summed E-state index contributed by atoms with van der Waals surface area (Å²) in [5.41, 5.74) is -0.960. The highest BCUT2D eigenvalue weighted by Crippen LogP contribution is 2.50. The second kappa shape index (κ2) is 10.1. The van der Waals surface area contributed by atoms with Gasteiger partial charge < -0.3 is 14.7 Å². The van der Waals surface area contributed by atoms with Gasteiger partial charge in [0, 0.05) is 54.2 Å². The topological polar surface area (TPSA) is 61.7 Å². The Bertz CT molecular complexity index is 1840. The minimum atomic E-state index is -2.80. The van der Waals surface area contributed by atoms with Crippen LogP contribution in [0.2, 0.25) is 0 Å². The highest BCUT2D eigenvalue weighted by atomic mass is 19.3. The molecule has 1 N–H and O–H groups in total. The molecule has 2 unspecified atom stereocenters. The van der Waals surface area contributed by atoms with Crippen molar-refractivity contribution in [2.24, 2.45) is 11.8 Å². The second-order valence-corrected chi connectivity index (χ2v) is 13.0. The summed E-state index contributed by atoms with van der Waals surface area (Å²) in [4.78, 5) is 12.8. The third kappa shape index (κ3) is 4.42. The van der Waals surface area contributed by atoms with E-state index in [2.05, 4.69) is 14.9 Å². The molecule has 45 heavy (non-hydrogen) atoms. The number of rotatable bonds is 5. The van der Waals surface area contributed by atoms with Gasteiger partial charge in [-0.1, -0.05) is 12.1 Å². The number of fused-ring (bicyclic) bond motifs is 5. The number of halogens is 6. The molecule has 0 radical (unpaired) electrons. The molecule has 4 fully saturated rings. The minimum absolute atomic E-state index is 0.0152. The lowest BCUT2D eigenvalue weighted by Gasteiger charge is -2.38. The van der Waals surface area contributed by atoms with Crippen LogP contribution in [0.1, 0.15) is 32.1 Å². The Kier molecular flexibility index (Phi) is 6.43. The summed E-state index contributed by atoms with van der Waals surface area (Å²) in [7, 11) is 0.